The molecule has 5 heterocycles. The molecular weight excluding hydrogens is 643 g/mol. The van der Waals surface area contributed by atoms with Crippen LogP contribution in [-0.4, -0.2) is 53.1 Å². The first-order valence-electron chi connectivity index (χ1n) is 15.3. The maximum absolute atomic E-state index is 13.2. The summed E-state index contributed by atoms with van der Waals surface area (Å²) in [6.45, 7) is 5.22. The molecule has 0 unspecified atom stereocenters. The molecule has 1 saturated heterocycles. The van der Waals surface area contributed by atoms with Crippen molar-refractivity contribution in [2.45, 2.75) is 6.92 Å². The molecule has 1 aliphatic heterocycles. The average molecular weight is 674 g/mol. The molecule has 0 atom stereocenters. The normalized spacial score (nSPS) is 12.8. The molecule has 2 amide bonds. The third kappa shape index (κ3) is 7.26. The SMILES string of the molecule is Cc1ccc(NC(=O)c2cncc(NC(=O)c3ccc(-c4cccs4)s3)c2)cc1Nc1nccc(-c2ccc(N3CCOCC3)cc2)n1. The number of nitrogens with one attached hydrogen (secondary N) is 3. The second kappa shape index (κ2) is 14.1. The number of ether oxygens (including phenoxy) is 1. The Bertz CT molecular complexity index is 2060. The van der Waals surface area contributed by atoms with Gasteiger partial charge in [0.25, 0.3) is 11.8 Å². The van der Waals surface area contributed by atoms with Gasteiger partial charge >= 0.3 is 0 Å². The molecule has 48 heavy (non-hydrogen) atoms. The summed E-state index contributed by atoms with van der Waals surface area (Å²) in [5.41, 5.74) is 5.98. The Morgan fingerprint density at radius 1 is 0.854 bits per heavy atom. The minimum Gasteiger partial charge on any atom is -0.378 e. The number of hydrogen-bond acceptors (Lipinski definition) is 10. The second-order valence-electron chi connectivity index (χ2n) is 11.1. The largest absolute Gasteiger partial charge is 0.378 e. The minimum atomic E-state index is -0.358. The van der Waals surface area contributed by atoms with Crippen molar-refractivity contribution in [3.05, 3.63) is 119 Å². The van der Waals surface area contributed by atoms with Crippen LogP contribution in [0, 0.1) is 6.92 Å². The van der Waals surface area contributed by atoms with Crippen LogP contribution in [0.15, 0.2) is 103 Å². The third-order valence-corrected chi connectivity index (χ3v) is 9.94. The first kappa shape index (κ1) is 31.2. The van der Waals surface area contributed by atoms with E-state index in [1.54, 1.807) is 29.7 Å². The van der Waals surface area contributed by atoms with Gasteiger partial charge in [-0.1, -0.05) is 24.3 Å². The molecule has 10 nitrogen and oxygen atoms in total. The van der Waals surface area contributed by atoms with Gasteiger partial charge in [0.15, 0.2) is 0 Å². The lowest BCUT2D eigenvalue weighted by Gasteiger charge is -2.28. The number of hydrogen-bond donors (Lipinski definition) is 3. The van der Waals surface area contributed by atoms with E-state index in [-0.39, 0.29) is 11.8 Å². The summed E-state index contributed by atoms with van der Waals surface area (Å²) in [4.78, 5) is 44.5. The zero-order valence-electron chi connectivity index (χ0n) is 26.0. The summed E-state index contributed by atoms with van der Waals surface area (Å²) < 4.78 is 5.47. The molecule has 3 N–H and O–H groups in total. The Balaban J connectivity index is 1.00. The van der Waals surface area contributed by atoms with E-state index in [0.29, 0.717) is 27.8 Å². The molecule has 6 aromatic rings. The average Bonchev–Trinajstić information content (AvgIpc) is 3.84. The van der Waals surface area contributed by atoms with Gasteiger partial charge in [0.2, 0.25) is 5.95 Å². The van der Waals surface area contributed by atoms with Crippen LogP contribution in [0.3, 0.4) is 0 Å². The number of thiophene rings is 2. The number of morpholine rings is 1. The number of rotatable bonds is 9. The highest BCUT2D eigenvalue weighted by molar-refractivity contribution is 7.22. The van der Waals surface area contributed by atoms with Crippen LogP contribution in [0.4, 0.5) is 28.7 Å². The lowest BCUT2D eigenvalue weighted by molar-refractivity contribution is 0.101. The Morgan fingerprint density at radius 2 is 1.69 bits per heavy atom. The van der Waals surface area contributed by atoms with Crippen LogP contribution < -0.4 is 20.9 Å². The maximum Gasteiger partial charge on any atom is 0.265 e. The lowest BCUT2D eigenvalue weighted by Crippen LogP contribution is -2.36. The fourth-order valence-electron chi connectivity index (χ4n) is 5.24. The minimum absolute atomic E-state index is 0.257. The zero-order chi connectivity index (χ0) is 32.9. The van der Waals surface area contributed by atoms with Crippen molar-refractivity contribution in [3.63, 3.8) is 0 Å². The highest BCUT2D eigenvalue weighted by atomic mass is 32.1. The van der Waals surface area contributed by atoms with Crippen molar-refractivity contribution < 1.29 is 14.3 Å². The molecule has 12 heteroatoms. The van der Waals surface area contributed by atoms with Gasteiger partial charge in [0.1, 0.15) is 0 Å². The van der Waals surface area contributed by atoms with Gasteiger partial charge in [0, 0.05) is 57.9 Å². The highest BCUT2D eigenvalue weighted by Gasteiger charge is 2.15. The number of amides is 2. The van der Waals surface area contributed by atoms with E-state index in [9.17, 15) is 9.59 Å². The Morgan fingerprint density at radius 3 is 2.50 bits per heavy atom. The Labute approximate surface area is 285 Å². The van der Waals surface area contributed by atoms with Crippen molar-refractivity contribution in [1.29, 1.82) is 0 Å². The quantitative estimate of drug-likeness (QED) is 0.143. The summed E-state index contributed by atoms with van der Waals surface area (Å²) in [5.74, 6) is -0.173. The number of aryl methyl sites for hydroxylation is 1. The van der Waals surface area contributed by atoms with Crippen LogP contribution in [0.25, 0.3) is 21.0 Å². The van der Waals surface area contributed by atoms with Crippen LogP contribution >= 0.6 is 22.7 Å². The molecule has 1 fully saturated rings. The van der Waals surface area contributed by atoms with Gasteiger partial charge in [-0.2, -0.15) is 0 Å². The summed E-state index contributed by atoms with van der Waals surface area (Å²) in [7, 11) is 0. The Hall–Kier alpha value is -5.43. The number of pyridine rings is 1. The van der Waals surface area contributed by atoms with Gasteiger partial charge in [0.05, 0.1) is 41.2 Å². The maximum atomic E-state index is 13.2. The van der Waals surface area contributed by atoms with E-state index in [1.807, 2.05) is 54.8 Å². The van der Waals surface area contributed by atoms with Gasteiger partial charge < -0.3 is 25.6 Å². The van der Waals surface area contributed by atoms with Crippen LogP contribution in [0.5, 0.6) is 0 Å². The summed E-state index contributed by atoms with van der Waals surface area (Å²) in [6, 6.07) is 25.1. The monoisotopic (exact) mass is 673 g/mol. The fourth-order valence-corrected chi connectivity index (χ4v) is 6.97. The van der Waals surface area contributed by atoms with E-state index in [1.165, 1.54) is 23.7 Å². The molecule has 2 aromatic carbocycles. The van der Waals surface area contributed by atoms with Gasteiger partial charge in [-0.15, -0.1) is 22.7 Å². The molecule has 240 valence electrons. The topological polar surface area (TPSA) is 121 Å². The molecule has 4 aromatic heterocycles. The zero-order valence-corrected chi connectivity index (χ0v) is 27.6. The highest BCUT2D eigenvalue weighted by Crippen LogP contribution is 2.32. The first-order chi connectivity index (χ1) is 23.5. The lowest BCUT2D eigenvalue weighted by atomic mass is 10.1. The Kier molecular flexibility index (Phi) is 9.18. The second-order valence-corrected chi connectivity index (χ2v) is 13.1. The number of anilines is 5. The smallest absolute Gasteiger partial charge is 0.265 e. The molecule has 0 radical (unpaired) electrons. The van der Waals surface area contributed by atoms with Gasteiger partial charge in [-0.3, -0.25) is 14.6 Å². The number of nitrogens with zero attached hydrogens (tertiary/aromatic N) is 4. The number of carbonyl (C=O) groups excluding carboxylic acids is 2. The molecule has 7 rings (SSSR count). The van der Waals surface area contributed by atoms with E-state index in [4.69, 9.17) is 9.72 Å². The fraction of sp³-hybridized carbons (Fsp3) is 0.139. The number of aromatic nitrogens is 3. The van der Waals surface area contributed by atoms with E-state index < -0.39 is 0 Å². The van der Waals surface area contributed by atoms with Crippen LogP contribution in [0.1, 0.15) is 25.6 Å². The van der Waals surface area contributed by atoms with Crippen molar-refractivity contribution >= 4 is 63.2 Å². The molecular formula is C36H31N7O3S2. The molecule has 1 aliphatic rings. The van der Waals surface area contributed by atoms with Crippen LogP contribution in [-0.2, 0) is 4.74 Å². The predicted molar refractivity (Wildman–Crippen MR) is 193 cm³/mol. The number of carbonyl (C=O) groups is 2. The molecule has 0 bridgehead atoms. The van der Waals surface area contributed by atoms with E-state index >= 15 is 0 Å². The third-order valence-electron chi connectivity index (χ3n) is 7.79. The van der Waals surface area contributed by atoms with E-state index in [0.717, 1.165) is 64.3 Å². The molecule has 0 aliphatic carbocycles. The molecule has 0 saturated carbocycles. The summed E-state index contributed by atoms with van der Waals surface area (Å²) in [6.07, 6.45) is 4.70. The van der Waals surface area contributed by atoms with Crippen molar-refractivity contribution in [2.24, 2.45) is 0 Å². The molecule has 0 spiro atoms. The van der Waals surface area contributed by atoms with Gasteiger partial charge in [-0.25, -0.2) is 9.97 Å². The van der Waals surface area contributed by atoms with Crippen molar-refractivity contribution in [3.8, 4) is 21.0 Å². The summed E-state index contributed by atoms with van der Waals surface area (Å²) in [5, 5.41) is 11.1. The first-order valence-corrected chi connectivity index (χ1v) is 17.0. The van der Waals surface area contributed by atoms with E-state index in [2.05, 4.69) is 55.1 Å². The number of benzene rings is 2. The van der Waals surface area contributed by atoms with Gasteiger partial charge in [-0.05, 0) is 72.5 Å². The van der Waals surface area contributed by atoms with Crippen molar-refractivity contribution in [1.82, 2.24) is 15.0 Å². The van der Waals surface area contributed by atoms with Crippen LogP contribution in [0.2, 0.25) is 0 Å². The summed E-state index contributed by atoms with van der Waals surface area (Å²) >= 11 is 3.04. The predicted octanol–water partition coefficient (Wildman–Crippen LogP) is 7.72. The standard InChI is InChI=1S/C36H31N7O3S2/c1-23-4-7-26(20-30(23)42-36-38-13-12-29(41-36)24-5-8-28(9-6-24)43-14-16-46-17-15-43)39-34(44)25-19-27(22-37-21-25)40-35(45)33-11-10-32(48-33)31-3-2-18-47-31/h2-13,18-22H,14-17H2,1H3,(H,39,44)(H,40,45)(H,38,41,42). The van der Waals surface area contributed by atoms with Crippen molar-refractivity contribution in [2.75, 3.05) is 47.2 Å².